The van der Waals surface area contributed by atoms with Crippen molar-refractivity contribution in [1.82, 2.24) is 4.57 Å². The first-order valence-electron chi connectivity index (χ1n) is 5.17. The summed E-state index contributed by atoms with van der Waals surface area (Å²) < 4.78 is 3.27. The van der Waals surface area contributed by atoms with Crippen molar-refractivity contribution in [3.05, 3.63) is 65.4 Å². The molecule has 2 aromatic carbocycles. The molecular weight excluding hydrogens is 262 g/mol. The molecule has 1 heterocycles. The predicted octanol–water partition coefficient (Wildman–Crippen LogP) is 4.39. The van der Waals surface area contributed by atoms with E-state index in [0.29, 0.717) is 0 Å². The van der Waals surface area contributed by atoms with Crippen molar-refractivity contribution in [2.24, 2.45) is 0 Å². The Labute approximate surface area is 102 Å². The smallest absolute Gasteiger partial charge is 0.0528 e. The minimum absolute atomic E-state index is 1.14. The van der Waals surface area contributed by atoms with Crippen molar-refractivity contribution in [3.63, 3.8) is 0 Å². The van der Waals surface area contributed by atoms with E-state index >= 15 is 0 Å². The van der Waals surface area contributed by atoms with Gasteiger partial charge in [0.05, 0.1) is 5.69 Å². The Morgan fingerprint density at radius 2 is 1.44 bits per heavy atom. The van der Waals surface area contributed by atoms with Crippen LogP contribution in [0.15, 0.2) is 65.4 Å². The van der Waals surface area contributed by atoms with Gasteiger partial charge in [-0.2, -0.15) is 0 Å². The first-order chi connectivity index (χ1) is 7.86. The molecule has 0 aliphatic rings. The number of hydrogen-bond donors (Lipinski definition) is 0. The van der Waals surface area contributed by atoms with Gasteiger partial charge in [-0.3, -0.25) is 0 Å². The number of halogens is 1. The van der Waals surface area contributed by atoms with Crippen LogP contribution < -0.4 is 0 Å². The van der Waals surface area contributed by atoms with E-state index in [0.717, 1.165) is 4.47 Å². The molecule has 0 N–H and O–H groups in total. The Morgan fingerprint density at radius 3 is 2.19 bits per heavy atom. The van der Waals surface area contributed by atoms with Crippen LogP contribution in [0.2, 0.25) is 0 Å². The average molecular weight is 272 g/mol. The van der Waals surface area contributed by atoms with Crippen LogP contribution >= 0.6 is 15.9 Å². The predicted molar refractivity (Wildman–Crippen MR) is 71.0 cm³/mol. The Hall–Kier alpha value is -1.54. The highest BCUT2D eigenvalue weighted by Crippen LogP contribution is 2.28. The fourth-order valence-electron chi connectivity index (χ4n) is 1.97. The SMILES string of the molecule is Brc1ccc(-n2cccc2)c2ccccc12. The summed E-state index contributed by atoms with van der Waals surface area (Å²) in [4.78, 5) is 0. The van der Waals surface area contributed by atoms with E-state index in [4.69, 9.17) is 0 Å². The van der Waals surface area contributed by atoms with Crippen molar-refractivity contribution in [1.29, 1.82) is 0 Å². The molecule has 1 nitrogen and oxygen atoms in total. The highest BCUT2D eigenvalue weighted by molar-refractivity contribution is 9.10. The molecule has 16 heavy (non-hydrogen) atoms. The van der Waals surface area contributed by atoms with Crippen LogP contribution in [0.4, 0.5) is 0 Å². The highest BCUT2D eigenvalue weighted by atomic mass is 79.9. The largest absolute Gasteiger partial charge is 0.323 e. The number of aromatic nitrogens is 1. The number of rotatable bonds is 1. The molecule has 2 heteroatoms. The minimum atomic E-state index is 1.14. The van der Waals surface area contributed by atoms with Crippen LogP contribution in [-0.4, -0.2) is 4.57 Å². The maximum absolute atomic E-state index is 3.59. The van der Waals surface area contributed by atoms with E-state index in [2.05, 4.69) is 69.3 Å². The molecular formula is C14H10BrN. The van der Waals surface area contributed by atoms with Crippen LogP contribution in [0.1, 0.15) is 0 Å². The van der Waals surface area contributed by atoms with Crippen molar-refractivity contribution in [2.45, 2.75) is 0 Å². The molecule has 3 aromatic rings. The van der Waals surface area contributed by atoms with Crippen LogP contribution in [0.3, 0.4) is 0 Å². The van der Waals surface area contributed by atoms with Crippen LogP contribution in [0.25, 0.3) is 16.5 Å². The molecule has 0 aliphatic heterocycles. The summed E-state index contributed by atoms with van der Waals surface area (Å²) in [6, 6.07) is 16.7. The lowest BCUT2D eigenvalue weighted by atomic mass is 10.1. The molecule has 0 fully saturated rings. The number of benzene rings is 2. The molecule has 0 saturated heterocycles. The summed E-state index contributed by atoms with van der Waals surface area (Å²) in [5, 5.41) is 2.50. The third-order valence-corrected chi connectivity index (χ3v) is 3.42. The summed E-state index contributed by atoms with van der Waals surface area (Å²) in [5.41, 5.74) is 1.21. The molecule has 0 bridgehead atoms. The van der Waals surface area contributed by atoms with Gasteiger partial charge in [0.1, 0.15) is 0 Å². The van der Waals surface area contributed by atoms with Gasteiger partial charge in [0.2, 0.25) is 0 Å². The molecule has 0 radical (unpaired) electrons. The molecule has 78 valence electrons. The zero-order valence-electron chi connectivity index (χ0n) is 8.60. The Morgan fingerprint density at radius 1 is 0.750 bits per heavy atom. The van der Waals surface area contributed by atoms with Crippen molar-refractivity contribution < 1.29 is 0 Å². The normalized spacial score (nSPS) is 10.8. The molecule has 1 aromatic heterocycles. The number of hydrogen-bond acceptors (Lipinski definition) is 0. The first-order valence-corrected chi connectivity index (χ1v) is 5.96. The van der Waals surface area contributed by atoms with Gasteiger partial charge in [0.15, 0.2) is 0 Å². The maximum atomic E-state index is 3.59. The fraction of sp³-hybridized carbons (Fsp3) is 0. The van der Waals surface area contributed by atoms with E-state index in [1.165, 1.54) is 16.5 Å². The van der Waals surface area contributed by atoms with Crippen LogP contribution in [-0.2, 0) is 0 Å². The summed E-state index contributed by atoms with van der Waals surface area (Å²) in [6.07, 6.45) is 4.13. The van der Waals surface area contributed by atoms with E-state index in [1.807, 2.05) is 12.1 Å². The van der Waals surface area contributed by atoms with E-state index in [1.54, 1.807) is 0 Å². The second-order valence-electron chi connectivity index (χ2n) is 3.70. The fourth-order valence-corrected chi connectivity index (χ4v) is 2.44. The first kappa shape index (κ1) is 9.67. The summed E-state index contributed by atoms with van der Waals surface area (Å²) >= 11 is 3.59. The van der Waals surface area contributed by atoms with Gasteiger partial charge in [0.25, 0.3) is 0 Å². The quantitative estimate of drug-likeness (QED) is 0.619. The van der Waals surface area contributed by atoms with Crippen molar-refractivity contribution in [2.75, 3.05) is 0 Å². The average Bonchev–Trinajstić information content (AvgIpc) is 2.83. The van der Waals surface area contributed by atoms with Crippen molar-refractivity contribution >= 4 is 26.7 Å². The maximum Gasteiger partial charge on any atom is 0.0528 e. The Bertz CT molecular complexity index is 626. The topological polar surface area (TPSA) is 4.93 Å². The lowest BCUT2D eigenvalue weighted by Crippen LogP contribution is -1.91. The second kappa shape index (κ2) is 3.80. The van der Waals surface area contributed by atoms with E-state index in [9.17, 15) is 0 Å². The summed E-state index contributed by atoms with van der Waals surface area (Å²) in [7, 11) is 0. The van der Waals surface area contributed by atoms with Gasteiger partial charge in [-0.15, -0.1) is 0 Å². The van der Waals surface area contributed by atoms with E-state index < -0.39 is 0 Å². The second-order valence-corrected chi connectivity index (χ2v) is 4.56. The summed E-state index contributed by atoms with van der Waals surface area (Å²) in [6.45, 7) is 0. The van der Waals surface area contributed by atoms with Gasteiger partial charge >= 0.3 is 0 Å². The monoisotopic (exact) mass is 271 g/mol. The minimum Gasteiger partial charge on any atom is -0.323 e. The highest BCUT2D eigenvalue weighted by Gasteiger charge is 2.04. The van der Waals surface area contributed by atoms with Gasteiger partial charge < -0.3 is 4.57 Å². The summed E-state index contributed by atoms with van der Waals surface area (Å²) in [5.74, 6) is 0. The zero-order valence-corrected chi connectivity index (χ0v) is 10.2. The van der Waals surface area contributed by atoms with Crippen LogP contribution in [0.5, 0.6) is 0 Å². The standard InChI is InChI=1S/C14H10BrN/c15-13-7-8-14(16-9-3-4-10-16)12-6-2-1-5-11(12)13/h1-10H. The lowest BCUT2D eigenvalue weighted by Gasteiger charge is -2.09. The molecule has 0 unspecified atom stereocenters. The van der Waals surface area contributed by atoms with E-state index in [-0.39, 0.29) is 0 Å². The van der Waals surface area contributed by atoms with Gasteiger partial charge in [0, 0.05) is 22.3 Å². The zero-order chi connectivity index (χ0) is 11.0. The molecule has 3 rings (SSSR count). The third-order valence-electron chi connectivity index (χ3n) is 2.73. The Kier molecular flexibility index (Phi) is 2.29. The molecule has 0 amide bonds. The Balaban J connectivity index is 2.39. The number of fused-ring (bicyclic) bond motifs is 1. The van der Waals surface area contributed by atoms with Crippen LogP contribution in [0, 0.1) is 0 Å². The van der Waals surface area contributed by atoms with Gasteiger partial charge in [-0.25, -0.2) is 0 Å². The third kappa shape index (κ3) is 1.46. The molecule has 0 atom stereocenters. The molecule has 0 saturated carbocycles. The molecule has 0 aliphatic carbocycles. The van der Waals surface area contributed by atoms with Gasteiger partial charge in [-0.1, -0.05) is 40.2 Å². The molecule has 0 spiro atoms. The van der Waals surface area contributed by atoms with Crippen molar-refractivity contribution in [3.8, 4) is 5.69 Å². The lowest BCUT2D eigenvalue weighted by molar-refractivity contribution is 1.09. The number of nitrogens with zero attached hydrogens (tertiary/aromatic N) is 1. The van der Waals surface area contributed by atoms with Gasteiger partial charge in [-0.05, 0) is 29.7 Å².